The van der Waals surface area contributed by atoms with Crippen LogP contribution in [0.4, 0.5) is 4.39 Å². The monoisotopic (exact) mass is 440 g/mol. The average molecular weight is 441 g/mol. The third-order valence-corrected chi connectivity index (χ3v) is 5.53. The summed E-state index contributed by atoms with van der Waals surface area (Å²) < 4.78 is 20.9. The summed E-state index contributed by atoms with van der Waals surface area (Å²) in [4.78, 5) is 14.2. The molecular formula is C22H22ClFN6O. The Morgan fingerprint density at radius 1 is 1.00 bits per heavy atom. The second-order valence-corrected chi connectivity index (χ2v) is 7.46. The molecule has 0 radical (unpaired) electrons. The number of aromatic nitrogens is 4. The van der Waals surface area contributed by atoms with Crippen LogP contribution in [0.1, 0.15) is 24.6 Å². The van der Waals surface area contributed by atoms with Crippen molar-refractivity contribution in [2.45, 2.75) is 18.8 Å². The van der Waals surface area contributed by atoms with Gasteiger partial charge in [0.15, 0.2) is 5.65 Å². The van der Waals surface area contributed by atoms with Gasteiger partial charge in [-0.05, 0) is 49.2 Å². The minimum Gasteiger partial charge on any atom is -0.381 e. The highest BCUT2D eigenvalue weighted by atomic mass is 35.5. The van der Waals surface area contributed by atoms with Gasteiger partial charge in [-0.2, -0.15) is 0 Å². The Bertz CT molecular complexity index is 1170. The van der Waals surface area contributed by atoms with E-state index in [4.69, 9.17) is 26.3 Å². The van der Waals surface area contributed by atoms with Crippen molar-refractivity contribution in [3.05, 3.63) is 71.4 Å². The number of halogens is 2. The van der Waals surface area contributed by atoms with Crippen molar-refractivity contribution in [3.63, 3.8) is 0 Å². The first-order chi connectivity index (χ1) is 15.2. The van der Waals surface area contributed by atoms with Crippen LogP contribution in [-0.4, -0.2) is 32.7 Å². The first-order valence-electron chi connectivity index (χ1n) is 9.88. The summed E-state index contributed by atoms with van der Waals surface area (Å²) in [6.07, 6.45) is 3.55. The van der Waals surface area contributed by atoms with Crippen LogP contribution in [0.2, 0.25) is 5.02 Å². The van der Waals surface area contributed by atoms with Gasteiger partial charge in [0.2, 0.25) is 0 Å². The second kappa shape index (κ2) is 9.49. The Labute approximate surface area is 183 Å². The van der Waals surface area contributed by atoms with Gasteiger partial charge in [0.25, 0.3) is 0 Å². The summed E-state index contributed by atoms with van der Waals surface area (Å²) >= 11 is 6.46. The summed E-state index contributed by atoms with van der Waals surface area (Å²) in [5.74, 6) is 9.40. The van der Waals surface area contributed by atoms with Crippen molar-refractivity contribution in [1.82, 2.24) is 19.5 Å². The van der Waals surface area contributed by atoms with Crippen LogP contribution >= 0.6 is 11.6 Å². The van der Waals surface area contributed by atoms with Crippen LogP contribution in [0.3, 0.4) is 0 Å². The smallest absolute Gasteiger partial charge is 0.168 e. The third kappa shape index (κ3) is 4.28. The minimum atomic E-state index is -0.296. The maximum atomic E-state index is 13.6. The van der Waals surface area contributed by atoms with Crippen LogP contribution in [0.5, 0.6) is 0 Å². The molecule has 0 unspecified atom stereocenters. The minimum absolute atomic E-state index is 0.258. The number of benzene rings is 2. The van der Waals surface area contributed by atoms with Gasteiger partial charge in [0, 0.05) is 30.4 Å². The molecule has 160 valence electrons. The van der Waals surface area contributed by atoms with E-state index in [0.29, 0.717) is 35.2 Å². The van der Waals surface area contributed by atoms with Gasteiger partial charge in [-0.25, -0.2) is 19.3 Å². The lowest BCUT2D eigenvalue weighted by molar-refractivity contribution is 0.0836. The van der Waals surface area contributed by atoms with Crippen LogP contribution in [-0.2, 0) is 4.74 Å². The van der Waals surface area contributed by atoms with Gasteiger partial charge < -0.3 is 4.74 Å². The highest BCUT2D eigenvalue weighted by molar-refractivity contribution is 6.33. The molecule has 0 aliphatic carbocycles. The predicted molar refractivity (Wildman–Crippen MR) is 118 cm³/mol. The number of hydrazine groups is 1. The zero-order chi connectivity index (χ0) is 21.8. The zero-order valence-corrected chi connectivity index (χ0v) is 17.5. The third-order valence-electron chi connectivity index (χ3n) is 5.20. The molecule has 0 amide bonds. The second-order valence-electron chi connectivity index (χ2n) is 7.05. The van der Waals surface area contributed by atoms with E-state index in [0.717, 1.165) is 29.9 Å². The summed E-state index contributed by atoms with van der Waals surface area (Å²) in [7, 11) is 0. The van der Waals surface area contributed by atoms with Crippen molar-refractivity contribution in [2.75, 3.05) is 13.2 Å². The van der Waals surface area contributed by atoms with Gasteiger partial charge in [0.05, 0.1) is 11.2 Å². The molecule has 2 aromatic heterocycles. The first-order valence-corrected chi connectivity index (χ1v) is 10.3. The highest BCUT2D eigenvalue weighted by Gasteiger charge is 2.22. The van der Waals surface area contributed by atoms with E-state index in [1.807, 2.05) is 28.8 Å². The predicted octanol–water partition coefficient (Wildman–Crippen LogP) is 3.99. The molecular weight excluding hydrogens is 419 g/mol. The zero-order valence-electron chi connectivity index (χ0n) is 16.7. The number of nitrogens with zero attached hydrogens (tertiary/aromatic N) is 4. The van der Waals surface area contributed by atoms with E-state index in [-0.39, 0.29) is 11.7 Å². The molecule has 1 saturated heterocycles. The number of hydrogen-bond donors (Lipinski definition) is 2. The van der Waals surface area contributed by atoms with E-state index < -0.39 is 0 Å². The van der Waals surface area contributed by atoms with Gasteiger partial charge in [-0.15, -0.1) is 0 Å². The Morgan fingerprint density at radius 3 is 2.42 bits per heavy atom. The van der Waals surface area contributed by atoms with Crippen molar-refractivity contribution < 1.29 is 9.13 Å². The van der Waals surface area contributed by atoms with Crippen molar-refractivity contribution in [1.29, 1.82) is 0 Å². The topological polar surface area (TPSA) is 105 Å². The maximum absolute atomic E-state index is 13.6. The van der Waals surface area contributed by atoms with Crippen molar-refractivity contribution in [3.8, 4) is 17.1 Å². The van der Waals surface area contributed by atoms with Crippen molar-refractivity contribution >= 4 is 22.8 Å². The SMILES string of the molecule is Fc1ccc(-n2c(-c3ccccc3Cl)nc3cnc(C4CCOCC4)nc32)cc1.NN. The highest BCUT2D eigenvalue weighted by Crippen LogP contribution is 2.33. The summed E-state index contributed by atoms with van der Waals surface area (Å²) in [6, 6.07) is 13.8. The lowest BCUT2D eigenvalue weighted by Crippen LogP contribution is -2.16. The molecule has 1 aliphatic heterocycles. The van der Waals surface area contributed by atoms with E-state index in [9.17, 15) is 4.39 Å². The molecule has 7 nitrogen and oxygen atoms in total. The van der Waals surface area contributed by atoms with Gasteiger partial charge in [0.1, 0.15) is 23.0 Å². The van der Waals surface area contributed by atoms with Crippen LogP contribution < -0.4 is 11.7 Å². The molecule has 31 heavy (non-hydrogen) atoms. The van der Waals surface area contributed by atoms with E-state index >= 15 is 0 Å². The Hall–Kier alpha value is -2.91. The summed E-state index contributed by atoms with van der Waals surface area (Å²) in [5.41, 5.74) is 2.90. The number of nitrogens with two attached hydrogens (primary N) is 2. The number of rotatable bonds is 3. The van der Waals surface area contributed by atoms with Crippen molar-refractivity contribution in [2.24, 2.45) is 11.7 Å². The lowest BCUT2D eigenvalue weighted by atomic mass is 9.99. The lowest BCUT2D eigenvalue weighted by Gasteiger charge is -2.20. The number of ether oxygens (including phenoxy) is 1. The molecule has 0 atom stereocenters. The molecule has 9 heteroatoms. The molecule has 1 fully saturated rings. The van der Waals surface area contributed by atoms with E-state index in [2.05, 4.69) is 16.7 Å². The van der Waals surface area contributed by atoms with E-state index in [1.54, 1.807) is 18.3 Å². The van der Waals surface area contributed by atoms with E-state index in [1.165, 1.54) is 12.1 Å². The quantitative estimate of drug-likeness (QED) is 0.368. The molecule has 4 N–H and O–H groups in total. The number of hydrogen-bond acceptors (Lipinski definition) is 6. The van der Waals surface area contributed by atoms with Gasteiger partial charge in [-0.1, -0.05) is 23.7 Å². The Kier molecular flexibility index (Phi) is 6.53. The average Bonchev–Trinajstić information content (AvgIpc) is 3.20. The summed E-state index contributed by atoms with van der Waals surface area (Å²) in [6.45, 7) is 1.43. The fourth-order valence-electron chi connectivity index (χ4n) is 3.70. The Morgan fingerprint density at radius 2 is 1.71 bits per heavy atom. The van der Waals surface area contributed by atoms with Crippen LogP contribution in [0.15, 0.2) is 54.7 Å². The standard InChI is InChI=1S/C22H18ClFN4O.H4N2/c23-18-4-2-1-3-17(18)21-26-19-13-25-20(14-9-11-29-12-10-14)27-22(19)28(21)16-7-5-15(24)6-8-16;1-2/h1-8,13-14H,9-12H2;1-2H2. The summed E-state index contributed by atoms with van der Waals surface area (Å²) in [5, 5.41) is 0.587. The molecule has 1 aliphatic rings. The van der Waals surface area contributed by atoms with Crippen LogP contribution in [0.25, 0.3) is 28.2 Å². The van der Waals surface area contributed by atoms with Gasteiger partial charge in [-0.3, -0.25) is 16.3 Å². The number of imidazole rings is 1. The fourth-order valence-corrected chi connectivity index (χ4v) is 3.92. The number of fused-ring (bicyclic) bond motifs is 1. The van der Waals surface area contributed by atoms with Crippen LogP contribution in [0, 0.1) is 5.82 Å². The maximum Gasteiger partial charge on any atom is 0.168 e. The fraction of sp³-hybridized carbons (Fsp3) is 0.227. The molecule has 0 saturated carbocycles. The largest absolute Gasteiger partial charge is 0.381 e. The van der Waals surface area contributed by atoms with Gasteiger partial charge >= 0.3 is 0 Å². The molecule has 0 bridgehead atoms. The molecule has 2 aromatic carbocycles. The normalized spacial score (nSPS) is 14.3. The Balaban J connectivity index is 0.00000112. The first kappa shape index (κ1) is 21.3. The molecule has 4 aromatic rings. The molecule has 0 spiro atoms. The molecule has 5 rings (SSSR count). The molecule has 3 heterocycles.